The number of carbonyl (C=O) groups excluding carboxylic acids is 2. The smallest absolute Gasteiger partial charge is 0.242 e. The lowest BCUT2D eigenvalue weighted by atomic mass is 10.1. The van der Waals surface area contributed by atoms with Crippen molar-refractivity contribution in [3.63, 3.8) is 0 Å². The standard InChI is InChI=1S/C16H24N2O2/c1-6-17(7-2)16(20)11-18(14(5)19)15-9-12(3)8-13(4)10-15/h8-10H,6-7,11H2,1-5H3. The van der Waals surface area contributed by atoms with Gasteiger partial charge in [-0.15, -0.1) is 0 Å². The first kappa shape index (κ1) is 16.2. The first-order valence-electron chi connectivity index (χ1n) is 7.03. The maximum atomic E-state index is 12.2. The van der Waals surface area contributed by atoms with Gasteiger partial charge >= 0.3 is 0 Å². The van der Waals surface area contributed by atoms with Gasteiger partial charge in [0.05, 0.1) is 0 Å². The Balaban J connectivity index is 3.00. The van der Waals surface area contributed by atoms with Gasteiger partial charge in [0, 0.05) is 25.7 Å². The molecule has 0 aliphatic heterocycles. The van der Waals surface area contributed by atoms with E-state index in [0.29, 0.717) is 13.1 Å². The molecule has 0 aromatic heterocycles. The van der Waals surface area contributed by atoms with Gasteiger partial charge < -0.3 is 9.80 Å². The van der Waals surface area contributed by atoms with Crippen LogP contribution in [-0.2, 0) is 9.59 Å². The van der Waals surface area contributed by atoms with E-state index in [4.69, 9.17) is 0 Å². The topological polar surface area (TPSA) is 40.6 Å². The summed E-state index contributed by atoms with van der Waals surface area (Å²) in [6.45, 7) is 10.8. The number of rotatable bonds is 5. The van der Waals surface area contributed by atoms with Crippen molar-refractivity contribution >= 4 is 17.5 Å². The third-order valence-corrected chi connectivity index (χ3v) is 3.31. The highest BCUT2D eigenvalue weighted by molar-refractivity contribution is 5.97. The van der Waals surface area contributed by atoms with E-state index in [1.807, 2.05) is 45.9 Å². The van der Waals surface area contributed by atoms with Crippen molar-refractivity contribution in [3.8, 4) is 0 Å². The molecule has 0 heterocycles. The molecule has 1 aromatic rings. The Morgan fingerprint density at radius 3 is 1.90 bits per heavy atom. The molecule has 0 spiro atoms. The molecule has 110 valence electrons. The number of anilines is 1. The molecule has 1 aromatic carbocycles. The first-order chi connectivity index (χ1) is 9.38. The zero-order valence-electron chi connectivity index (χ0n) is 13.1. The Hall–Kier alpha value is -1.84. The molecular formula is C16H24N2O2. The van der Waals surface area contributed by atoms with Crippen LogP contribution in [0.25, 0.3) is 0 Å². The molecule has 2 amide bonds. The highest BCUT2D eigenvalue weighted by Gasteiger charge is 2.19. The summed E-state index contributed by atoms with van der Waals surface area (Å²) in [5.41, 5.74) is 2.96. The van der Waals surface area contributed by atoms with Crippen molar-refractivity contribution in [2.75, 3.05) is 24.5 Å². The predicted molar refractivity (Wildman–Crippen MR) is 81.9 cm³/mol. The van der Waals surface area contributed by atoms with Crippen LogP contribution in [-0.4, -0.2) is 36.3 Å². The van der Waals surface area contributed by atoms with Crippen LogP contribution in [0.15, 0.2) is 18.2 Å². The van der Waals surface area contributed by atoms with Crippen molar-refractivity contribution < 1.29 is 9.59 Å². The van der Waals surface area contributed by atoms with E-state index in [1.54, 1.807) is 9.80 Å². The molecule has 0 aliphatic rings. The SMILES string of the molecule is CCN(CC)C(=O)CN(C(C)=O)c1cc(C)cc(C)c1. The summed E-state index contributed by atoms with van der Waals surface area (Å²) in [6, 6.07) is 5.92. The molecule has 20 heavy (non-hydrogen) atoms. The van der Waals surface area contributed by atoms with Gasteiger partial charge in [0.1, 0.15) is 6.54 Å². The second-order valence-electron chi connectivity index (χ2n) is 5.02. The summed E-state index contributed by atoms with van der Waals surface area (Å²) in [4.78, 5) is 27.3. The molecule has 4 heteroatoms. The normalized spacial score (nSPS) is 10.2. The minimum atomic E-state index is -0.115. The third kappa shape index (κ3) is 4.08. The molecule has 0 atom stereocenters. The lowest BCUT2D eigenvalue weighted by Gasteiger charge is -2.26. The van der Waals surface area contributed by atoms with Crippen molar-refractivity contribution in [3.05, 3.63) is 29.3 Å². The summed E-state index contributed by atoms with van der Waals surface area (Å²) in [5.74, 6) is -0.139. The number of likely N-dealkylation sites (N-methyl/N-ethyl adjacent to an activating group) is 1. The molecule has 0 fully saturated rings. The van der Waals surface area contributed by atoms with E-state index < -0.39 is 0 Å². The quantitative estimate of drug-likeness (QED) is 0.829. The fourth-order valence-corrected chi connectivity index (χ4v) is 2.30. The molecular weight excluding hydrogens is 252 g/mol. The number of hydrogen-bond acceptors (Lipinski definition) is 2. The van der Waals surface area contributed by atoms with Gasteiger partial charge in [-0.2, -0.15) is 0 Å². The Bertz CT molecular complexity index is 473. The fraction of sp³-hybridized carbons (Fsp3) is 0.500. The van der Waals surface area contributed by atoms with Crippen molar-refractivity contribution in [1.82, 2.24) is 4.90 Å². The van der Waals surface area contributed by atoms with Crippen LogP contribution in [0.2, 0.25) is 0 Å². The van der Waals surface area contributed by atoms with E-state index >= 15 is 0 Å². The lowest BCUT2D eigenvalue weighted by Crippen LogP contribution is -2.42. The predicted octanol–water partition coefficient (Wildman–Crippen LogP) is 2.52. The first-order valence-corrected chi connectivity index (χ1v) is 7.03. The van der Waals surface area contributed by atoms with Gasteiger partial charge in [-0.05, 0) is 51.0 Å². The van der Waals surface area contributed by atoms with Crippen molar-refractivity contribution in [2.45, 2.75) is 34.6 Å². The molecule has 4 nitrogen and oxygen atoms in total. The molecule has 0 saturated carbocycles. The van der Waals surface area contributed by atoms with Crippen LogP contribution in [0.3, 0.4) is 0 Å². The molecule has 0 aliphatic carbocycles. The summed E-state index contributed by atoms with van der Waals surface area (Å²) >= 11 is 0. The largest absolute Gasteiger partial charge is 0.342 e. The van der Waals surface area contributed by atoms with E-state index in [2.05, 4.69) is 0 Å². The minimum absolute atomic E-state index is 0.0237. The zero-order valence-corrected chi connectivity index (χ0v) is 13.1. The molecule has 0 unspecified atom stereocenters. The maximum absolute atomic E-state index is 12.2. The van der Waals surface area contributed by atoms with E-state index in [-0.39, 0.29) is 18.4 Å². The van der Waals surface area contributed by atoms with Gasteiger partial charge in [0.15, 0.2) is 0 Å². The lowest BCUT2D eigenvalue weighted by molar-refractivity contribution is -0.130. The van der Waals surface area contributed by atoms with E-state index in [0.717, 1.165) is 16.8 Å². The highest BCUT2D eigenvalue weighted by atomic mass is 16.2. The van der Waals surface area contributed by atoms with Crippen LogP contribution in [0, 0.1) is 13.8 Å². The number of carbonyl (C=O) groups is 2. The Morgan fingerprint density at radius 2 is 1.50 bits per heavy atom. The number of aryl methyl sites for hydroxylation is 2. The van der Waals surface area contributed by atoms with Gasteiger partial charge in [-0.1, -0.05) is 6.07 Å². The van der Waals surface area contributed by atoms with Crippen LogP contribution >= 0.6 is 0 Å². The number of nitrogens with zero attached hydrogens (tertiary/aromatic N) is 2. The number of hydrogen-bond donors (Lipinski definition) is 0. The van der Waals surface area contributed by atoms with Gasteiger partial charge in [0.25, 0.3) is 0 Å². The summed E-state index contributed by atoms with van der Waals surface area (Å²) < 4.78 is 0. The Labute approximate surface area is 121 Å². The van der Waals surface area contributed by atoms with E-state index in [1.165, 1.54) is 6.92 Å². The second-order valence-corrected chi connectivity index (χ2v) is 5.02. The van der Waals surface area contributed by atoms with Crippen molar-refractivity contribution in [1.29, 1.82) is 0 Å². The molecule has 0 bridgehead atoms. The average molecular weight is 276 g/mol. The Kier molecular flexibility index (Phi) is 5.74. The molecule has 0 saturated heterocycles. The molecule has 1 rings (SSSR count). The van der Waals surface area contributed by atoms with Gasteiger partial charge in [-0.25, -0.2) is 0 Å². The van der Waals surface area contributed by atoms with E-state index in [9.17, 15) is 9.59 Å². The van der Waals surface area contributed by atoms with Crippen LogP contribution in [0.5, 0.6) is 0 Å². The molecule has 0 radical (unpaired) electrons. The number of amides is 2. The summed E-state index contributed by atoms with van der Waals surface area (Å²) in [6.07, 6.45) is 0. The van der Waals surface area contributed by atoms with Crippen LogP contribution in [0.1, 0.15) is 31.9 Å². The Morgan fingerprint density at radius 1 is 1.00 bits per heavy atom. The second kappa shape index (κ2) is 7.08. The van der Waals surface area contributed by atoms with Crippen LogP contribution in [0.4, 0.5) is 5.69 Å². The van der Waals surface area contributed by atoms with Crippen molar-refractivity contribution in [2.24, 2.45) is 0 Å². The average Bonchev–Trinajstić information content (AvgIpc) is 2.35. The minimum Gasteiger partial charge on any atom is -0.342 e. The third-order valence-electron chi connectivity index (χ3n) is 3.31. The summed E-state index contributed by atoms with van der Waals surface area (Å²) in [7, 11) is 0. The van der Waals surface area contributed by atoms with Crippen LogP contribution < -0.4 is 4.90 Å². The summed E-state index contributed by atoms with van der Waals surface area (Å²) in [5, 5.41) is 0. The zero-order chi connectivity index (χ0) is 15.3. The van der Waals surface area contributed by atoms with Gasteiger partial charge in [-0.3, -0.25) is 9.59 Å². The molecule has 0 N–H and O–H groups in total. The maximum Gasteiger partial charge on any atom is 0.242 e. The fourth-order valence-electron chi connectivity index (χ4n) is 2.30. The highest BCUT2D eigenvalue weighted by Crippen LogP contribution is 2.19. The van der Waals surface area contributed by atoms with Gasteiger partial charge in [0.2, 0.25) is 11.8 Å². The number of benzene rings is 1. The monoisotopic (exact) mass is 276 g/mol.